The molecule has 1 amide bonds. The van der Waals surface area contributed by atoms with Crippen LogP contribution < -0.4 is 5.32 Å². The van der Waals surface area contributed by atoms with Crippen LogP contribution in [0.3, 0.4) is 0 Å². The maximum Gasteiger partial charge on any atom is 0.255 e. The summed E-state index contributed by atoms with van der Waals surface area (Å²) >= 11 is 0. The summed E-state index contributed by atoms with van der Waals surface area (Å²) in [4.78, 5) is 11.7. The van der Waals surface area contributed by atoms with Crippen LogP contribution in [0, 0.1) is 5.82 Å². The molecular formula is C12H12FN3O. The number of nitrogens with one attached hydrogen (secondary N) is 1. The largest absolute Gasteiger partial charge is 0.319 e. The zero-order valence-corrected chi connectivity index (χ0v) is 9.35. The smallest absolute Gasteiger partial charge is 0.255 e. The predicted octanol–water partition coefficient (Wildman–Crippen LogP) is 2.29. The second-order valence-corrected chi connectivity index (χ2v) is 3.55. The molecule has 1 heterocycles. The van der Waals surface area contributed by atoms with Crippen molar-refractivity contribution in [3.63, 3.8) is 0 Å². The molecule has 1 N–H and O–H groups in total. The lowest BCUT2D eigenvalue weighted by Crippen LogP contribution is -2.11. The number of aryl methyl sites for hydroxylation is 1. The summed E-state index contributed by atoms with van der Waals surface area (Å²) in [5, 5.41) is 6.68. The van der Waals surface area contributed by atoms with Gasteiger partial charge < -0.3 is 5.32 Å². The average Bonchev–Trinajstić information content (AvgIpc) is 2.77. The van der Waals surface area contributed by atoms with Crippen LogP contribution in [0.25, 0.3) is 0 Å². The number of anilines is 1. The lowest BCUT2D eigenvalue weighted by Gasteiger charge is -2.02. The van der Waals surface area contributed by atoms with E-state index in [0.29, 0.717) is 5.69 Å². The Morgan fingerprint density at radius 1 is 1.53 bits per heavy atom. The van der Waals surface area contributed by atoms with Crippen molar-refractivity contribution in [2.45, 2.75) is 13.5 Å². The highest BCUT2D eigenvalue weighted by atomic mass is 19.1. The van der Waals surface area contributed by atoms with Crippen LogP contribution in [0.5, 0.6) is 0 Å². The summed E-state index contributed by atoms with van der Waals surface area (Å²) in [6, 6.07) is 5.55. The molecule has 0 spiro atoms. The molecule has 0 saturated carbocycles. The van der Waals surface area contributed by atoms with E-state index in [1.807, 2.05) is 6.92 Å². The number of benzene rings is 1. The SMILES string of the molecule is CCn1cc(NC(=O)c2cccc(F)c2)cn1. The molecule has 17 heavy (non-hydrogen) atoms. The van der Waals surface area contributed by atoms with Crippen molar-refractivity contribution < 1.29 is 9.18 Å². The second kappa shape index (κ2) is 4.78. The minimum atomic E-state index is -0.429. The molecule has 4 nitrogen and oxygen atoms in total. The highest BCUT2D eigenvalue weighted by Gasteiger charge is 2.07. The maximum atomic E-state index is 12.9. The summed E-state index contributed by atoms with van der Waals surface area (Å²) in [5.41, 5.74) is 0.885. The van der Waals surface area contributed by atoms with E-state index in [0.717, 1.165) is 6.54 Å². The van der Waals surface area contributed by atoms with Gasteiger partial charge >= 0.3 is 0 Å². The number of rotatable bonds is 3. The maximum absolute atomic E-state index is 12.9. The first kappa shape index (κ1) is 11.3. The van der Waals surface area contributed by atoms with E-state index in [-0.39, 0.29) is 11.5 Å². The van der Waals surface area contributed by atoms with E-state index in [2.05, 4.69) is 10.4 Å². The highest BCUT2D eigenvalue weighted by molar-refractivity contribution is 6.04. The van der Waals surface area contributed by atoms with Crippen LogP contribution in [0.1, 0.15) is 17.3 Å². The third kappa shape index (κ3) is 2.69. The molecule has 0 atom stereocenters. The van der Waals surface area contributed by atoms with E-state index in [1.54, 1.807) is 23.1 Å². The van der Waals surface area contributed by atoms with Crippen LogP contribution in [0.4, 0.5) is 10.1 Å². The van der Waals surface area contributed by atoms with Gasteiger partial charge in [0.1, 0.15) is 5.82 Å². The summed E-state index contributed by atoms with van der Waals surface area (Å²) in [5.74, 6) is -0.776. The van der Waals surface area contributed by atoms with E-state index in [1.165, 1.54) is 18.2 Å². The van der Waals surface area contributed by atoms with Gasteiger partial charge in [0, 0.05) is 18.3 Å². The number of carbonyl (C=O) groups excluding carboxylic acids is 1. The molecule has 0 bridgehead atoms. The van der Waals surface area contributed by atoms with E-state index < -0.39 is 5.82 Å². The Labute approximate surface area is 98.1 Å². The van der Waals surface area contributed by atoms with Gasteiger partial charge in [-0.05, 0) is 25.1 Å². The molecule has 0 radical (unpaired) electrons. The normalized spacial score (nSPS) is 10.2. The van der Waals surface area contributed by atoms with Gasteiger partial charge in [0.05, 0.1) is 11.9 Å². The number of halogens is 1. The highest BCUT2D eigenvalue weighted by Crippen LogP contribution is 2.09. The van der Waals surface area contributed by atoms with Gasteiger partial charge in [-0.1, -0.05) is 6.07 Å². The van der Waals surface area contributed by atoms with Crippen LogP contribution in [-0.2, 0) is 6.54 Å². The van der Waals surface area contributed by atoms with Gasteiger partial charge in [-0.2, -0.15) is 5.10 Å². The third-order valence-corrected chi connectivity index (χ3v) is 2.30. The van der Waals surface area contributed by atoms with Gasteiger partial charge in [-0.3, -0.25) is 9.48 Å². The monoisotopic (exact) mass is 233 g/mol. The fraction of sp³-hybridized carbons (Fsp3) is 0.167. The van der Waals surface area contributed by atoms with Crippen molar-refractivity contribution in [2.24, 2.45) is 0 Å². The van der Waals surface area contributed by atoms with Crippen molar-refractivity contribution in [2.75, 3.05) is 5.32 Å². The molecular weight excluding hydrogens is 221 g/mol. The first-order valence-corrected chi connectivity index (χ1v) is 5.28. The second-order valence-electron chi connectivity index (χ2n) is 3.55. The van der Waals surface area contributed by atoms with E-state index in [9.17, 15) is 9.18 Å². The quantitative estimate of drug-likeness (QED) is 0.884. The van der Waals surface area contributed by atoms with Crippen LogP contribution in [0.15, 0.2) is 36.7 Å². The number of aromatic nitrogens is 2. The Morgan fingerprint density at radius 2 is 2.35 bits per heavy atom. The van der Waals surface area contributed by atoms with E-state index in [4.69, 9.17) is 0 Å². The van der Waals surface area contributed by atoms with Crippen LogP contribution in [-0.4, -0.2) is 15.7 Å². The Balaban J connectivity index is 2.11. The molecule has 0 aliphatic rings. The molecule has 0 aliphatic heterocycles. The Bertz CT molecular complexity index is 536. The van der Waals surface area contributed by atoms with Gasteiger partial charge in [0.2, 0.25) is 0 Å². The lowest BCUT2D eigenvalue weighted by molar-refractivity contribution is 0.102. The van der Waals surface area contributed by atoms with Crippen molar-refractivity contribution >= 4 is 11.6 Å². The molecule has 0 saturated heterocycles. The summed E-state index contributed by atoms with van der Waals surface area (Å²) < 4.78 is 14.6. The van der Waals surface area contributed by atoms with E-state index >= 15 is 0 Å². The number of nitrogens with zero attached hydrogens (tertiary/aromatic N) is 2. The standard InChI is InChI=1S/C12H12FN3O/c1-2-16-8-11(7-14-16)15-12(17)9-4-3-5-10(13)6-9/h3-8H,2H2,1H3,(H,15,17). The molecule has 2 aromatic rings. The Morgan fingerprint density at radius 3 is 3.00 bits per heavy atom. The van der Waals surface area contributed by atoms with Crippen molar-refractivity contribution in [3.8, 4) is 0 Å². The number of hydrogen-bond acceptors (Lipinski definition) is 2. The fourth-order valence-corrected chi connectivity index (χ4v) is 1.43. The van der Waals surface area contributed by atoms with Gasteiger partial charge in [-0.15, -0.1) is 0 Å². The number of amides is 1. The van der Waals surface area contributed by atoms with Crippen molar-refractivity contribution in [1.29, 1.82) is 0 Å². The first-order valence-electron chi connectivity index (χ1n) is 5.28. The summed E-state index contributed by atoms with van der Waals surface area (Å²) in [6.07, 6.45) is 3.28. The minimum Gasteiger partial charge on any atom is -0.319 e. The van der Waals surface area contributed by atoms with Gasteiger partial charge in [-0.25, -0.2) is 4.39 Å². The molecule has 0 fully saturated rings. The van der Waals surface area contributed by atoms with Gasteiger partial charge in [0.15, 0.2) is 0 Å². The fourth-order valence-electron chi connectivity index (χ4n) is 1.43. The molecule has 88 valence electrons. The predicted molar refractivity (Wildman–Crippen MR) is 62.3 cm³/mol. The Hall–Kier alpha value is -2.17. The summed E-state index contributed by atoms with van der Waals surface area (Å²) in [7, 11) is 0. The van der Waals surface area contributed by atoms with Crippen molar-refractivity contribution in [1.82, 2.24) is 9.78 Å². The zero-order chi connectivity index (χ0) is 12.3. The summed E-state index contributed by atoms with van der Waals surface area (Å²) in [6.45, 7) is 2.68. The number of carbonyl (C=O) groups is 1. The molecule has 1 aromatic heterocycles. The average molecular weight is 233 g/mol. The van der Waals surface area contributed by atoms with Crippen LogP contribution in [0.2, 0.25) is 0 Å². The Kier molecular flexibility index (Phi) is 3.18. The topological polar surface area (TPSA) is 46.9 Å². The minimum absolute atomic E-state index is 0.286. The molecule has 0 unspecified atom stereocenters. The third-order valence-electron chi connectivity index (χ3n) is 2.30. The molecule has 0 aliphatic carbocycles. The molecule has 1 aromatic carbocycles. The molecule has 2 rings (SSSR count). The van der Waals surface area contributed by atoms with Crippen molar-refractivity contribution in [3.05, 3.63) is 48.0 Å². The van der Waals surface area contributed by atoms with Gasteiger partial charge in [0.25, 0.3) is 5.91 Å². The zero-order valence-electron chi connectivity index (χ0n) is 9.35. The molecule has 5 heteroatoms. The number of hydrogen-bond donors (Lipinski definition) is 1. The lowest BCUT2D eigenvalue weighted by atomic mass is 10.2. The first-order chi connectivity index (χ1) is 8.19. The van der Waals surface area contributed by atoms with Crippen LogP contribution >= 0.6 is 0 Å².